The Kier molecular flexibility index (Phi) is 5.34. The van der Waals surface area contributed by atoms with E-state index in [1.807, 2.05) is 59.0 Å². The summed E-state index contributed by atoms with van der Waals surface area (Å²) in [5, 5.41) is 2.90. The maximum absolute atomic E-state index is 13.2. The minimum absolute atomic E-state index is 0.0151. The quantitative estimate of drug-likeness (QED) is 0.668. The van der Waals surface area contributed by atoms with Gasteiger partial charge in [-0.15, -0.1) is 0 Å². The molecule has 2 aliphatic rings. The number of benzene rings is 1. The van der Waals surface area contributed by atoms with Crippen molar-refractivity contribution >= 4 is 11.8 Å². The Morgan fingerprint density at radius 1 is 1.19 bits per heavy atom. The van der Waals surface area contributed by atoms with Gasteiger partial charge in [-0.05, 0) is 30.2 Å². The fraction of sp³-hybridized carbons (Fsp3) is 0.333. The van der Waals surface area contributed by atoms with Crippen LogP contribution in [0, 0.1) is 0 Å². The van der Waals surface area contributed by atoms with E-state index in [9.17, 15) is 9.59 Å². The van der Waals surface area contributed by atoms with Crippen molar-refractivity contribution in [2.45, 2.75) is 45.0 Å². The topological polar surface area (TPSA) is 89.4 Å². The standard InChI is InChI=1S/C24H25N5O3/c1-16-23-27-19(12-22(30)26-14-17-5-4-8-25-13-17)15-28(23)9-10-29(16)24(31)21-11-18-6-2-3-7-20(18)32-21/h2-8,13,15-16,21H,9-12,14H2,1H3,(H,26,30)/t16-,21-/m1/s1. The Labute approximate surface area is 186 Å². The summed E-state index contributed by atoms with van der Waals surface area (Å²) in [4.78, 5) is 36.1. The Morgan fingerprint density at radius 2 is 2.06 bits per heavy atom. The number of nitrogens with one attached hydrogen (secondary N) is 1. The molecule has 8 heteroatoms. The van der Waals surface area contributed by atoms with Crippen molar-refractivity contribution in [1.82, 2.24) is 24.8 Å². The molecule has 0 unspecified atom stereocenters. The first-order valence-electron chi connectivity index (χ1n) is 10.8. The van der Waals surface area contributed by atoms with E-state index in [4.69, 9.17) is 4.74 Å². The Bertz CT molecular complexity index is 1120. The molecule has 0 radical (unpaired) electrons. The molecule has 2 aromatic heterocycles. The third-order valence-corrected chi connectivity index (χ3v) is 6.04. The fourth-order valence-corrected chi connectivity index (χ4v) is 4.37. The molecule has 0 spiro atoms. The number of nitrogens with zero attached hydrogens (tertiary/aromatic N) is 4. The van der Waals surface area contributed by atoms with Crippen molar-refractivity contribution < 1.29 is 14.3 Å². The van der Waals surface area contributed by atoms with Gasteiger partial charge in [-0.3, -0.25) is 14.6 Å². The highest BCUT2D eigenvalue weighted by molar-refractivity contribution is 5.83. The van der Waals surface area contributed by atoms with Crippen molar-refractivity contribution in [1.29, 1.82) is 0 Å². The molecule has 164 valence electrons. The number of amides is 2. The second kappa shape index (κ2) is 8.45. The number of pyridine rings is 1. The molecule has 1 N–H and O–H groups in total. The fourth-order valence-electron chi connectivity index (χ4n) is 4.37. The van der Waals surface area contributed by atoms with Crippen molar-refractivity contribution in [2.24, 2.45) is 0 Å². The normalized spacial score (nSPS) is 19.1. The average molecular weight is 431 g/mol. The number of carbonyl (C=O) groups is 2. The van der Waals surface area contributed by atoms with E-state index in [1.165, 1.54) is 0 Å². The summed E-state index contributed by atoms with van der Waals surface area (Å²) in [5.41, 5.74) is 2.72. The molecule has 4 heterocycles. The molecular formula is C24H25N5O3. The van der Waals surface area contributed by atoms with E-state index < -0.39 is 6.10 Å². The van der Waals surface area contributed by atoms with E-state index in [-0.39, 0.29) is 24.3 Å². The number of aromatic nitrogens is 3. The number of fused-ring (bicyclic) bond motifs is 2. The summed E-state index contributed by atoms with van der Waals surface area (Å²) in [5.74, 6) is 1.48. The summed E-state index contributed by atoms with van der Waals surface area (Å²) in [6, 6.07) is 11.4. The van der Waals surface area contributed by atoms with E-state index >= 15 is 0 Å². The summed E-state index contributed by atoms with van der Waals surface area (Å²) >= 11 is 0. The lowest BCUT2D eigenvalue weighted by molar-refractivity contribution is -0.141. The van der Waals surface area contributed by atoms with Gasteiger partial charge in [0.15, 0.2) is 6.10 Å². The molecule has 1 aromatic carbocycles. The van der Waals surface area contributed by atoms with Crippen LogP contribution in [0.15, 0.2) is 55.0 Å². The lowest BCUT2D eigenvalue weighted by Gasteiger charge is -2.35. The van der Waals surface area contributed by atoms with Gasteiger partial charge in [0.2, 0.25) is 5.91 Å². The lowest BCUT2D eigenvalue weighted by atomic mass is 10.1. The second-order valence-corrected chi connectivity index (χ2v) is 8.22. The van der Waals surface area contributed by atoms with Gasteiger partial charge in [-0.25, -0.2) is 4.98 Å². The van der Waals surface area contributed by atoms with Crippen LogP contribution in [0.3, 0.4) is 0 Å². The zero-order chi connectivity index (χ0) is 22.1. The Hall–Kier alpha value is -3.68. The van der Waals surface area contributed by atoms with Gasteiger partial charge in [-0.1, -0.05) is 24.3 Å². The number of ether oxygens (including phenoxy) is 1. The van der Waals surface area contributed by atoms with Gasteiger partial charge in [-0.2, -0.15) is 0 Å². The largest absolute Gasteiger partial charge is 0.480 e. The minimum Gasteiger partial charge on any atom is -0.480 e. The Morgan fingerprint density at radius 3 is 2.88 bits per heavy atom. The minimum atomic E-state index is -0.492. The van der Waals surface area contributed by atoms with Gasteiger partial charge < -0.3 is 19.5 Å². The first-order valence-corrected chi connectivity index (χ1v) is 10.8. The van der Waals surface area contributed by atoms with Crippen molar-refractivity contribution in [2.75, 3.05) is 6.54 Å². The number of rotatable bonds is 5. The van der Waals surface area contributed by atoms with Gasteiger partial charge in [0.25, 0.3) is 5.91 Å². The molecule has 2 amide bonds. The van der Waals surface area contributed by atoms with E-state index in [0.717, 1.165) is 22.7 Å². The molecule has 0 aliphatic carbocycles. The van der Waals surface area contributed by atoms with Crippen LogP contribution < -0.4 is 10.1 Å². The molecule has 2 aliphatic heterocycles. The number of hydrogen-bond donors (Lipinski definition) is 1. The van der Waals surface area contributed by atoms with Crippen LogP contribution in [0.4, 0.5) is 0 Å². The molecule has 0 bridgehead atoms. The van der Waals surface area contributed by atoms with Crippen LogP contribution in [0.25, 0.3) is 0 Å². The third kappa shape index (κ3) is 3.95. The van der Waals surface area contributed by atoms with Gasteiger partial charge in [0, 0.05) is 44.6 Å². The highest BCUT2D eigenvalue weighted by atomic mass is 16.5. The molecule has 0 fully saturated rings. The predicted molar refractivity (Wildman–Crippen MR) is 117 cm³/mol. The summed E-state index contributed by atoms with van der Waals surface area (Å²) in [6.45, 7) is 3.65. The van der Waals surface area contributed by atoms with E-state index in [2.05, 4.69) is 15.3 Å². The van der Waals surface area contributed by atoms with E-state index in [1.54, 1.807) is 12.4 Å². The average Bonchev–Trinajstić information content (AvgIpc) is 3.42. The van der Waals surface area contributed by atoms with Crippen LogP contribution in [-0.2, 0) is 35.5 Å². The van der Waals surface area contributed by atoms with Crippen LogP contribution in [0.2, 0.25) is 0 Å². The van der Waals surface area contributed by atoms with Gasteiger partial charge in [0.1, 0.15) is 11.6 Å². The molecule has 0 saturated carbocycles. The highest BCUT2D eigenvalue weighted by Crippen LogP contribution is 2.32. The SMILES string of the molecule is C[C@@H]1c2nc(CC(=O)NCc3cccnc3)cn2CCN1C(=O)[C@H]1Cc2ccccc2O1. The molecule has 5 rings (SSSR count). The van der Waals surface area contributed by atoms with Crippen molar-refractivity contribution in [3.8, 4) is 5.75 Å². The van der Waals surface area contributed by atoms with Crippen LogP contribution in [-0.4, -0.2) is 43.9 Å². The number of imidazole rings is 1. The zero-order valence-corrected chi connectivity index (χ0v) is 17.9. The first kappa shape index (κ1) is 20.2. The summed E-state index contributed by atoms with van der Waals surface area (Å²) in [6.07, 6.45) is 5.65. The first-order chi connectivity index (χ1) is 15.6. The number of hydrogen-bond acceptors (Lipinski definition) is 5. The van der Waals surface area contributed by atoms with Crippen LogP contribution in [0.5, 0.6) is 5.75 Å². The second-order valence-electron chi connectivity index (χ2n) is 8.22. The number of para-hydroxylation sites is 1. The smallest absolute Gasteiger partial charge is 0.264 e. The maximum Gasteiger partial charge on any atom is 0.264 e. The number of carbonyl (C=O) groups excluding carboxylic acids is 2. The molecule has 32 heavy (non-hydrogen) atoms. The lowest BCUT2D eigenvalue weighted by Crippen LogP contribution is -2.47. The third-order valence-electron chi connectivity index (χ3n) is 6.04. The summed E-state index contributed by atoms with van der Waals surface area (Å²) < 4.78 is 7.95. The predicted octanol–water partition coefficient (Wildman–Crippen LogP) is 2.04. The molecule has 3 aromatic rings. The molecule has 8 nitrogen and oxygen atoms in total. The monoisotopic (exact) mass is 431 g/mol. The summed E-state index contributed by atoms with van der Waals surface area (Å²) in [7, 11) is 0. The van der Waals surface area contributed by atoms with Crippen LogP contribution in [0.1, 0.15) is 35.6 Å². The zero-order valence-electron chi connectivity index (χ0n) is 17.9. The highest BCUT2D eigenvalue weighted by Gasteiger charge is 2.37. The van der Waals surface area contributed by atoms with Crippen LogP contribution >= 0.6 is 0 Å². The maximum atomic E-state index is 13.2. The van der Waals surface area contributed by atoms with Crippen molar-refractivity contribution in [3.63, 3.8) is 0 Å². The van der Waals surface area contributed by atoms with Gasteiger partial charge >= 0.3 is 0 Å². The molecular weight excluding hydrogens is 406 g/mol. The Balaban J connectivity index is 1.22. The van der Waals surface area contributed by atoms with Gasteiger partial charge in [0.05, 0.1) is 18.2 Å². The molecule has 0 saturated heterocycles. The molecule has 2 atom stereocenters. The van der Waals surface area contributed by atoms with E-state index in [0.29, 0.717) is 31.7 Å². The van der Waals surface area contributed by atoms with Crippen molar-refractivity contribution in [3.05, 3.63) is 77.6 Å².